The number of carbonyl (C=O) groups is 2. The van der Waals surface area contributed by atoms with Crippen LogP contribution in [0.1, 0.15) is 83.9 Å². The highest BCUT2D eigenvalue weighted by Gasteiger charge is 2.19. The number of benzene rings is 1. The fourth-order valence-electron chi connectivity index (χ4n) is 2.65. The molecule has 6 heteroatoms. The Morgan fingerprint density at radius 1 is 0.893 bits per heavy atom. The second-order valence-corrected chi connectivity index (χ2v) is 6.89. The van der Waals surface area contributed by atoms with E-state index in [9.17, 15) is 9.59 Å². The molecule has 1 aromatic carbocycles. The Bertz CT molecular complexity index is 582. The van der Waals surface area contributed by atoms with E-state index in [0.29, 0.717) is 30.9 Å². The van der Waals surface area contributed by atoms with Gasteiger partial charge in [-0.2, -0.15) is 0 Å². The number of nitrogens with one attached hydrogen (secondary N) is 2. The summed E-state index contributed by atoms with van der Waals surface area (Å²) < 4.78 is 11.2. The van der Waals surface area contributed by atoms with Gasteiger partial charge in [-0.15, -0.1) is 0 Å². The summed E-state index contributed by atoms with van der Waals surface area (Å²) in [7, 11) is 1.58. The minimum absolute atomic E-state index is 0.0788. The molecule has 6 nitrogen and oxygen atoms in total. The predicted molar refractivity (Wildman–Crippen MR) is 111 cm³/mol. The number of hydrogen-bond donors (Lipinski definition) is 2. The molecule has 0 radical (unpaired) electrons. The highest BCUT2D eigenvalue weighted by atomic mass is 16.5. The predicted octanol–water partition coefficient (Wildman–Crippen LogP) is 4.49. The molecule has 0 aliphatic carbocycles. The molecule has 0 fully saturated rings. The monoisotopic (exact) mass is 392 g/mol. The van der Waals surface area contributed by atoms with E-state index in [-0.39, 0.29) is 11.8 Å². The van der Waals surface area contributed by atoms with Crippen molar-refractivity contribution in [2.45, 2.75) is 78.3 Å². The zero-order valence-electron chi connectivity index (χ0n) is 17.8. The van der Waals surface area contributed by atoms with Crippen molar-refractivity contribution < 1.29 is 19.1 Å². The quantitative estimate of drug-likeness (QED) is 0.361. The Balaban J connectivity index is 2.96. The molecule has 28 heavy (non-hydrogen) atoms. The average Bonchev–Trinajstić information content (AvgIpc) is 2.70. The Morgan fingerprint density at radius 3 is 1.96 bits per heavy atom. The number of unbranched alkanes of at least 4 members (excludes halogenated alkanes) is 3. The Hall–Kier alpha value is -2.24. The van der Waals surface area contributed by atoms with Crippen LogP contribution in [-0.4, -0.2) is 25.5 Å². The van der Waals surface area contributed by atoms with E-state index in [4.69, 9.17) is 9.47 Å². The molecule has 1 rings (SSSR count). The van der Waals surface area contributed by atoms with E-state index < -0.39 is 6.17 Å². The maximum Gasteiger partial charge on any atom is 0.221 e. The van der Waals surface area contributed by atoms with Gasteiger partial charge >= 0.3 is 0 Å². The number of methoxy groups -OCH3 is 1. The number of amides is 2. The van der Waals surface area contributed by atoms with Crippen LogP contribution in [0.25, 0.3) is 0 Å². The normalized spacial score (nSPS) is 10.6. The van der Waals surface area contributed by atoms with Crippen molar-refractivity contribution in [1.29, 1.82) is 0 Å². The van der Waals surface area contributed by atoms with Gasteiger partial charge in [0.1, 0.15) is 6.17 Å². The molecule has 2 amide bonds. The molecule has 0 unspecified atom stereocenters. The third-order valence-corrected chi connectivity index (χ3v) is 4.40. The topological polar surface area (TPSA) is 76.7 Å². The highest BCUT2D eigenvalue weighted by Crippen LogP contribution is 2.30. The van der Waals surface area contributed by atoms with Crippen LogP contribution < -0.4 is 20.1 Å². The summed E-state index contributed by atoms with van der Waals surface area (Å²) in [5.74, 6) is 1.09. The Morgan fingerprint density at radius 2 is 1.46 bits per heavy atom. The first kappa shape index (κ1) is 23.8. The average molecular weight is 393 g/mol. The van der Waals surface area contributed by atoms with Gasteiger partial charge in [0, 0.05) is 12.8 Å². The summed E-state index contributed by atoms with van der Waals surface area (Å²) >= 11 is 0. The maximum absolute atomic E-state index is 12.3. The fraction of sp³-hybridized carbons (Fsp3) is 0.636. The Labute approximate surface area is 169 Å². The lowest BCUT2D eigenvalue weighted by atomic mass is 10.1. The summed E-state index contributed by atoms with van der Waals surface area (Å²) in [6.07, 6.45) is 5.82. The summed E-state index contributed by atoms with van der Waals surface area (Å²) in [5, 5.41) is 5.86. The van der Waals surface area contributed by atoms with Gasteiger partial charge in [0.25, 0.3) is 0 Å². The molecule has 2 N–H and O–H groups in total. The zero-order chi connectivity index (χ0) is 20.8. The van der Waals surface area contributed by atoms with E-state index in [1.807, 2.05) is 32.0 Å². The minimum Gasteiger partial charge on any atom is -0.493 e. The van der Waals surface area contributed by atoms with Gasteiger partial charge in [-0.25, -0.2) is 0 Å². The van der Waals surface area contributed by atoms with Gasteiger partial charge in [-0.1, -0.05) is 46.1 Å². The third-order valence-electron chi connectivity index (χ3n) is 4.40. The number of ether oxygens (including phenoxy) is 2. The largest absolute Gasteiger partial charge is 0.493 e. The molecule has 0 aliphatic heterocycles. The molecule has 0 spiro atoms. The molecule has 0 aromatic heterocycles. The minimum atomic E-state index is -0.590. The molecule has 0 heterocycles. The molecule has 1 aromatic rings. The molecule has 0 saturated carbocycles. The van der Waals surface area contributed by atoms with Crippen LogP contribution in [0.3, 0.4) is 0 Å². The van der Waals surface area contributed by atoms with Crippen LogP contribution in [0.4, 0.5) is 0 Å². The molecule has 158 valence electrons. The standard InChI is InChI=1S/C22H36N2O4/c1-5-8-11-20(25)23-22(24-21(26)12-9-6-2)17-13-14-18(19(16-17)27-4)28-15-10-7-3/h13-14,16,22H,5-12,15H2,1-4H3,(H,23,25)(H,24,26). The van der Waals surface area contributed by atoms with Crippen LogP contribution >= 0.6 is 0 Å². The van der Waals surface area contributed by atoms with Gasteiger partial charge in [-0.3, -0.25) is 9.59 Å². The van der Waals surface area contributed by atoms with E-state index in [1.165, 1.54) is 0 Å². The lowest BCUT2D eigenvalue weighted by Crippen LogP contribution is -2.41. The van der Waals surface area contributed by atoms with E-state index in [2.05, 4.69) is 17.6 Å². The smallest absolute Gasteiger partial charge is 0.221 e. The van der Waals surface area contributed by atoms with Gasteiger partial charge < -0.3 is 20.1 Å². The van der Waals surface area contributed by atoms with Crippen molar-refractivity contribution in [3.05, 3.63) is 23.8 Å². The number of rotatable bonds is 14. The van der Waals surface area contributed by atoms with Crippen molar-refractivity contribution in [3.63, 3.8) is 0 Å². The second kappa shape index (κ2) is 13.9. The molecular weight excluding hydrogens is 356 g/mol. The van der Waals surface area contributed by atoms with Gasteiger partial charge in [0.15, 0.2) is 11.5 Å². The van der Waals surface area contributed by atoms with Crippen LogP contribution in [0.5, 0.6) is 11.5 Å². The fourth-order valence-corrected chi connectivity index (χ4v) is 2.65. The highest BCUT2D eigenvalue weighted by molar-refractivity contribution is 5.79. The Kier molecular flexibility index (Phi) is 11.8. The van der Waals surface area contributed by atoms with Crippen molar-refractivity contribution in [2.24, 2.45) is 0 Å². The van der Waals surface area contributed by atoms with Gasteiger partial charge in [0.05, 0.1) is 13.7 Å². The molecule has 0 saturated heterocycles. The van der Waals surface area contributed by atoms with Gasteiger partial charge in [-0.05, 0) is 37.0 Å². The molecular formula is C22H36N2O4. The third kappa shape index (κ3) is 8.63. The van der Waals surface area contributed by atoms with Crippen LogP contribution in [0, 0.1) is 0 Å². The van der Waals surface area contributed by atoms with Crippen molar-refractivity contribution >= 4 is 11.8 Å². The first-order valence-corrected chi connectivity index (χ1v) is 10.4. The summed E-state index contributed by atoms with van der Waals surface area (Å²) in [4.78, 5) is 24.5. The van der Waals surface area contributed by atoms with E-state index >= 15 is 0 Å². The number of hydrogen-bond acceptors (Lipinski definition) is 4. The van der Waals surface area contributed by atoms with Crippen molar-refractivity contribution in [1.82, 2.24) is 10.6 Å². The zero-order valence-corrected chi connectivity index (χ0v) is 17.8. The SMILES string of the molecule is CCCCOc1ccc(C(NC(=O)CCCC)NC(=O)CCCC)cc1OC. The summed E-state index contributed by atoms with van der Waals surface area (Å²) in [5.41, 5.74) is 0.759. The van der Waals surface area contributed by atoms with Crippen LogP contribution in [-0.2, 0) is 9.59 Å². The van der Waals surface area contributed by atoms with Crippen LogP contribution in [0.15, 0.2) is 18.2 Å². The van der Waals surface area contributed by atoms with Crippen molar-refractivity contribution in [3.8, 4) is 11.5 Å². The van der Waals surface area contributed by atoms with Crippen molar-refractivity contribution in [2.75, 3.05) is 13.7 Å². The first-order chi connectivity index (χ1) is 13.5. The lowest BCUT2D eigenvalue weighted by molar-refractivity contribution is -0.124. The first-order valence-electron chi connectivity index (χ1n) is 10.4. The van der Waals surface area contributed by atoms with E-state index in [1.54, 1.807) is 7.11 Å². The molecule has 0 atom stereocenters. The number of carbonyl (C=O) groups excluding carboxylic acids is 2. The van der Waals surface area contributed by atoms with Gasteiger partial charge in [0.2, 0.25) is 11.8 Å². The second-order valence-electron chi connectivity index (χ2n) is 6.89. The lowest BCUT2D eigenvalue weighted by Gasteiger charge is -2.22. The maximum atomic E-state index is 12.3. The molecule has 0 bridgehead atoms. The summed E-state index contributed by atoms with van der Waals surface area (Å²) in [6.45, 7) is 6.81. The molecule has 0 aliphatic rings. The summed E-state index contributed by atoms with van der Waals surface area (Å²) in [6, 6.07) is 5.49. The van der Waals surface area contributed by atoms with E-state index in [0.717, 1.165) is 44.1 Å². The van der Waals surface area contributed by atoms with Crippen LogP contribution in [0.2, 0.25) is 0 Å².